The molecule has 1 aliphatic heterocycles. The molecule has 0 spiro atoms. The van der Waals surface area contributed by atoms with E-state index in [0.717, 1.165) is 29.0 Å². The minimum Gasteiger partial charge on any atom is -0.267 e. The molecule has 0 saturated carbocycles. The Balaban J connectivity index is 1.95. The molecule has 0 amide bonds. The summed E-state index contributed by atoms with van der Waals surface area (Å²) in [6.07, 6.45) is 0.807. The van der Waals surface area contributed by atoms with E-state index in [9.17, 15) is 9.18 Å². The number of hydrogen-bond acceptors (Lipinski definition) is 3. The second-order valence-electron chi connectivity index (χ2n) is 5.34. The minimum atomic E-state index is -0.335. The fourth-order valence-corrected chi connectivity index (χ4v) is 3.77. The Morgan fingerprint density at radius 2 is 1.87 bits per heavy atom. The Kier molecular flexibility index (Phi) is 3.50. The van der Waals surface area contributed by atoms with Crippen molar-refractivity contribution < 1.29 is 4.39 Å². The standard InChI is InChI=1S/C18H13FN2OS/c19-13-5-7-14(8-6-13)21-17(22)11-12-9-10-23-16-4-2-1-3-15(16)18(12)20-21/h1-8,11H,9-10H2. The van der Waals surface area contributed by atoms with E-state index in [0.29, 0.717) is 5.69 Å². The number of rotatable bonds is 1. The summed E-state index contributed by atoms with van der Waals surface area (Å²) in [6, 6.07) is 15.5. The van der Waals surface area contributed by atoms with Crippen LogP contribution in [0.25, 0.3) is 16.9 Å². The minimum absolute atomic E-state index is 0.195. The maximum Gasteiger partial charge on any atom is 0.271 e. The Hall–Kier alpha value is -2.40. The molecule has 0 fully saturated rings. The van der Waals surface area contributed by atoms with E-state index in [1.807, 2.05) is 18.2 Å². The third-order valence-corrected chi connectivity index (χ3v) is 4.93. The number of aryl methyl sites for hydroxylation is 1. The molecule has 0 unspecified atom stereocenters. The van der Waals surface area contributed by atoms with Gasteiger partial charge in [-0.15, -0.1) is 11.8 Å². The van der Waals surface area contributed by atoms with E-state index in [-0.39, 0.29) is 11.4 Å². The van der Waals surface area contributed by atoms with Crippen LogP contribution in [0, 0.1) is 5.82 Å². The first kappa shape index (κ1) is 14.2. The van der Waals surface area contributed by atoms with E-state index < -0.39 is 0 Å². The molecule has 23 heavy (non-hydrogen) atoms. The van der Waals surface area contributed by atoms with Crippen LogP contribution in [-0.2, 0) is 6.42 Å². The molecule has 0 atom stereocenters. The van der Waals surface area contributed by atoms with Crippen molar-refractivity contribution in [3.05, 3.63) is 76.3 Å². The van der Waals surface area contributed by atoms with Gasteiger partial charge in [0.25, 0.3) is 5.56 Å². The van der Waals surface area contributed by atoms with E-state index in [1.54, 1.807) is 30.0 Å². The van der Waals surface area contributed by atoms with E-state index in [1.165, 1.54) is 21.7 Å². The first-order valence-corrected chi connectivity index (χ1v) is 8.32. The summed E-state index contributed by atoms with van der Waals surface area (Å²) >= 11 is 1.77. The number of benzene rings is 2. The van der Waals surface area contributed by atoms with Crippen molar-refractivity contribution in [3.8, 4) is 16.9 Å². The molecule has 0 aliphatic carbocycles. The van der Waals surface area contributed by atoms with Crippen molar-refractivity contribution in [2.24, 2.45) is 0 Å². The molecule has 0 bridgehead atoms. The highest BCUT2D eigenvalue weighted by atomic mass is 32.2. The second kappa shape index (κ2) is 5.66. The molecule has 3 nitrogen and oxygen atoms in total. The topological polar surface area (TPSA) is 34.9 Å². The highest BCUT2D eigenvalue weighted by molar-refractivity contribution is 7.99. The van der Waals surface area contributed by atoms with Crippen LogP contribution in [-0.4, -0.2) is 15.5 Å². The Labute approximate surface area is 136 Å². The van der Waals surface area contributed by atoms with Gasteiger partial charge >= 0.3 is 0 Å². The summed E-state index contributed by atoms with van der Waals surface area (Å²) in [5.74, 6) is 0.587. The van der Waals surface area contributed by atoms with Crippen LogP contribution in [0.4, 0.5) is 4.39 Å². The first-order chi connectivity index (χ1) is 11.2. The van der Waals surface area contributed by atoms with Gasteiger partial charge in [0.15, 0.2) is 0 Å². The lowest BCUT2D eigenvalue weighted by molar-refractivity contribution is 0.626. The van der Waals surface area contributed by atoms with Crippen molar-refractivity contribution in [2.75, 3.05) is 5.75 Å². The molecule has 2 heterocycles. The van der Waals surface area contributed by atoms with Crippen LogP contribution in [0.3, 0.4) is 0 Å². The molecule has 1 aliphatic rings. The predicted molar refractivity (Wildman–Crippen MR) is 89.7 cm³/mol. The number of hydrogen-bond donors (Lipinski definition) is 0. The van der Waals surface area contributed by atoms with Gasteiger partial charge in [0.05, 0.1) is 11.4 Å². The average Bonchev–Trinajstić information content (AvgIpc) is 2.74. The molecule has 1 aromatic heterocycles. The predicted octanol–water partition coefficient (Wildman–Crippen LogP) is 3.69. The number of thioether (sulfide) groups is 1. The van der Waals surface area contributed by atoms with Gasteiger partial charge in [-0.1, -0.05) is 18.2 Å². The number of halogens is 1. The van der Waals surface area contributed by atoms with Gasteiger partial charge in [0.1, 0.15) is 5.82 Å². The Morgan fingerprint density at radius 3 is 2.70 bits per heavy atom. The number of fused-ring (bicyclic) bond motifs is 3. The van der Waals surface area contributed by atoms with Crippen molar-refractivity contribution >= 4 is 11.8 Å². The van der Waals surface area contributed by atoms with Gasteiger partial charge in [0, 0.05) is 22.3 Å². The van der Waals surface area contributed by atoms with Gasteiger partial charge in [0.2, 0.25) is 0 Å². The quantitative estimate of drug-likeness (QED) is 0.685. The zero-order valence-corrected chi connectivity index (χ0v) is 13.0. The van der Waals surface area contributed by atoms with Crippen LogP contribution in [0.15, 0.2) is 64.3 Å². The molecule has 0 radical (unpaired) electrons. The zero-order chi connectivity index (χ0) is 15.8. The maximum absolute atomic E-state index is 13.1. The maximum atomic E-state index is 13.1. The van der Waals surface area contributed by atoms with Gasteiger partial charge in [-0.2, -0.15) is 9.78 Å². The summed E-state index contributed by atoms with van der Waals surface area (Å²) in [5, 5.41) is 4.58. The van der Waals surface area contributed by atoms with Crippen LogP contribution in [0.2, 0.25) is 0 Å². The lowest BCUT2D eigenvalue weighted by atomic mass is 10.1. The fourth-order valence-electron chi connectivity index (χ4n) is 2.74. The average molecular weight is 324 g/mol. The third kappa shape index (κ3) is 2.57. The van der Waals surface area contributed by atoms with Crippen molar-refractivity contribution in [1.82, 2.24) is 9.78 Å². The van der Waals surface area contributed by atoms with Gasteiger partial charge < -0.3 is 0 Å². The molecular weight excluding hydrogens is 311 g/mol. The molecule has 0 saturated heterocycles. The summed E-state index contributed by atoms with van der Waals surface area (Å²) < 4.78 is 14.5. The first-order valence-electron chi connectivity index (χ1n) is 7.34. The van der Waals surface area contributed by atoms with Crippen LogP contribution < -0.4 is 5.56 Å². The largest absolute Gasteiger partial charge is 0.271 e. The van der Waals surface area contributed by atoms with E-state index in [2.05, 4.69) is 11.2 Å². The highest BCUT2D eigenvalue weighted by Gasteiger charge is 2.18. The van der Waals surface area contributed by atoms with Crippen molar-refractivity contribution in [1.29, 1.82) is 0 Å². The summed E-state index contributed by atoms with van der Waals surface area (Å²) in [7, 11) is 0. The highest BCUT2D eigenvalue weighted by Crippen LogP contribution is 2.35. The molecule has 2 aromatic carbocycles. The second-order valence-corrected chi connectivity index (χ2v) is 6.48. The molecular formula is C18H13FN2OS. The smallest absolute Gasteiger partial charge is 0.267 e. The normalized spacial score (nSPS) is 13.1. The monoisotopic (exact) mass is 324 g/mol. The van der Waals surface area contributed by atoms with Gasteiger partial charge in [-0.05, 0) is 42.3 Å². The molecule has 4 rings (SSSR count). The van der Waals surface area contributed by atoms with Gasteiger partial charge in [-0.3, -0.25) is 4.79 Å². The zero-order valence-electron chi connectivity index (χ0n) is 12.2. The summed E-state index contributed by atoms with van der Waals surface area (Å²) in [4.78, 5) is 13.6. The lowest BCUT2D eigenvalue weighted by Gasteiger charge is -2.11. The van der Waals surface area contributed by atoms with Crippen LogP contribution >= 0.6 is 11.8 Å². The molecule has 114 valence electrons. The summed E-state index contributed by atoms with van der Waals surface area (Å²) in [6.45, 7) is 0. The van der Waals surface area contributed by atoms with Gasteiger partial charge in [-0.25, -0.2) is 4.39 Å². The Morgan fingerprint density at radius 1 is 1.09 bits per heavy atom. The van der Waals surface area contributed by atoms with Crippen LogP contribution in [0.1, 0.15) is 5.56 Å². The lowest BCUT2D eigenvalue weighted by Crippen LogP contribution is -2.22. The Bertz CT molecular complexity index is 934. The summed E-state index contributed by atoms with van der Waals surface area (Å²) in [5.41, 5.74) is 3.20. The SMILES string of the molecule is O=c1cc2c(nn1-c1ccc(F)cc1)-c1ccccc1SCC2. The molecule has 3 aromatic rings. The molecule has 5 heteroatoms. The van der Waals surface area contributed by atoms with E-state index in [4.69, 9.17) is 0 Å². The number of aromatic nitrogens is 2. The third-order valence-electron chi connectivity index (χ3n) is 3.85. The van der Waals surface area contributed by atoms with Crippen LogP contribution in [0.5, 0.6) is 0 Å². The number of nitrogens with zero attached hydrogens (tertiary/aromatic N) is 2. The van der Waals surface area contributed by atoms with Crippen molar-refractivity contribution in [3.63, 3.8) is 0 Å². The van der Waals surface area contributed by atoms with Crippen molar-refractivity contribution in [2.45, 2.75) is 11.3 Å². The fraction of sp³-hybridized carbons (Fsp3) is 0.111. The molecule has 0 N–H and O–H groups in total. The van der Waals surface area contributed by atoms with E-state index >= 15 is 0 Å².